The van der Waals surface area contributed by atoms with E-state index in [1.54, 1.807) is 23.6 Å². The quantitative estimate of drug-likeness (QED) is 0.827. The summed E-state index contributed by atoms with van der Waals surface area (Å²) in [6.07, 6.45) is 1.78. The van der Waals surface area contributed by atoms with Crippen LogP contribution in [0.4, 0.5) is 15.8 Å². The fraction of sp³-hybridized carbons (Fsp3) is 0.308. The zero-order valence-electron chi connectivity index (χ0n) is 10.8. The van der Waals surface area contributed by atoms with Crippen LogP contribution in [0.1, 0.15) is 17.8 Å². The van der Waals surface area contributed by atoms with Crippen molar-refractivity contribution in [1.29, 1.82) is 0 Å². The van der Waals surface area contributed by atoms with Crippen molar-refractivity contribution in [2.45, 2.75) is 12.8 Å². The van der Waals surface area contributed by atoms with Gasteiger partial charge in [-0.25, -0.2) is 9.37 Å². The number of halogens is 1. The Morgan fingerprint density at radius 2 is 2.32 bits per heavy atom. The van der Waals surface area contributed by atoms with Crippen LogP contribution in [0.5, 0.6) is 5.75 Å². The van der Waals surface area contributed by atoms with Crippen LogP contribution in [0, 0.1) is 5.82 Å². The molecule has 1 unspecified atom stereocenters. The average molecular weight is 281 g/mol. The fourth-order valence-electron chi connectivity index (χ4n) is 1.71. The number of rotatable bonds is 5. The van der Waals surface area contributed by atoms with Crippen LogP contribution in [0.3, 0.4) is 0 Å². The highest BCUT2D eigenvalue weighted by molar-refractivity contribution is 7.09. The van der Waals surface area contributed by atoms with Crippen molar-refractivity contribution >= 4 is 22.7 Å². The van der Waals surface area contributed by atoms with Crippen molar-refractivity contribution in [3.05, 3.63) is 34.5 Å². The molecule has 0 fully saturated rings. The van der Waals surface area contributed by atoms with Gasteiger partial charge in [0.1, 0.15) is 0 Å². The van der Waals surface area contributed by atoms with Crippen molar-refractivity contribution in [2.75, 3.05) is 24.7 Å². The van der Waals surface area contributed by atoms with Crippen LogP contribution < -0.4 is 15.8 Å². The Hall–Kier alpha value is -1.82. The zero-order chi connectivity index (χ0) is 13.8. The molecule has 3 N–H and O–H groups in total. The Labute approximate surface area is 115 Å². The lowest BCUT2D eigenvalue weighted by Gasteiger charge is -2.14. The van der Waals surface area contributed by atoms with Gasteiger partial charge in [-0.05, 0) is 0 Å². The number of nitrogens with one attached hydrogen (secondary N) is 1. The number of hydrogen-bond acceptors (Lipinski definition) is 5. The Morgan fingerprint density at radius 1 is 1.53 bits per heavy atom. The monoisotopic (exact) mass is 281 g/mol. The summed E-state index contributed by atoms with van der Waals surface area (Å²) in [6, 6.07) is 2.83. The summed E-state index contributed by atoms with van der Waals surface area (Å²) in [5, 5.41) is 6.20. The second kappa shape index (κ2) is 5.88. The standard InChI is InChI=1S/C13H16FN3OS/c1-8(13-16-3-4-19-13)7-17-11-6-12(18-2)9(14)5-10(11)15/h3-6,8,17H,7,15H2,1-2H3. The molecule has 2 rings (SSSR count). The first-order valence-corrected chi connectivity index (χ1v) is 6.76. The van der Waals surface area contributed by atoms with Crippen molar-refractivity contribution in [2.24, 2.45) is 0 Å². The van der Waals surface area contributed by atoms with Crippen LogP contribution >= 0.6 is 11.3 Å². The normalized spacial score (nSPS) is 12.2. The SMILES string of the molecule is COc1cc(NCC(C)c2nccs2)c(N)cc1F. The molecule has 0 radical (unpaired) electrons. The van der Waals surface area contributed by atoms with Gasteiger partial charge < -0.3 is 15.8 Å². The predicted octanol–water partition coefficient (Wildman–Crippen LogP) is 3.09. The maximum absolute atomic E-state index is 13.4. The topological polar surface area (TPSA) is 60.2 Å². The minimum atomic E-state index is -0.460. The second-order valence-corrected chi connectivity index (χ2v) is 5.15. The Kier molecular flexibility index (Phi) is 4.21. The summed E-state index contributed by atoms with van der Waals surface area (Å²) >= 11 is 1.61. The summed E-state index contributed by atoms with van der Waals surface area (Å²) in [7, 11) is 1.43. The van der Waals surface area contributed by atoms with E-state index in [-0.39, 0.29) is 11.7 Å². The molecule has 1 aromatic heterocycles. The predicted molar refractivity (Wildman–Crippen MR) is 76.4 cm³/mol. The van der Waals surface area contributed by atoms with Crippen LogP contribution in [-0.4, -0.2) is 18.6 Å². The van der Waals surface area contributed by atoms with Gasteiger partial charge in [-0.1, -0.05) is 6.92 Å². The van der Waals surface area contributed by atoms with Crippen LogP contribution in [0.2, 0.25) is 0 Å². The molecule has 2 aromatic rings. The number of benzene rings is 1. The number of nitrogens with two attached hydrogens (primary N) is 1. The maximum atomic E-state index is 13.4. The van der Waals surface area contributed by atoms with Crippen molar-refractivity contribution < 1.29 is 9.13 Å². The van der Waals surface area contributed by atoms with Crippen molar-refractivity contribution in [1.82, 2.24) is 4.98 Å². The van der Waals surface area contributed by atoms with E-state index in [1.165, 1.54) is 13.2 Å². The molecule has 0 saturated heterocycles. The Balaban J connectivity index is 2.07. The summed E-state index contributed by atoms with van der Waals surface area (Å²) in [5.74, 6) is -0.0208. The molecule has 1 aromatic carbocycles. The smallest absolute Gasteiger partial charge is 0.167 e. The first-order chi connectivity index (χ1) is 9.11. The third-order valence-corrected chi connectivity index (χ3v) is 3.80. The molecule has 4 nitrogen and oxygen atoms in total. The molecule has 0 spiro atoms. The number of thiazole rings is 1. The van der Waals surface area contributed by atoms with Gasteiger partial charge in [0.2, 0.25) is 0 Å². The molecular weight excluding hydrogens is 265 g/mol. The van der Waals surface area contributed by atoms with Crippen LogP contribution in [0.25, 0.3) is 0 Å². The fourth-order valence-corrected chi connectivity index (χ4v) is 2.41. The molecule has 0 aliphatic heterocycles. The highest BCUT2D eigenvalue weighted by Gasteiger charge is 2.11. The number of ether oxygens (including phenoxy) is 1. The van der Waals surface area contributed by atoms with Crippen molar-refractivity contribution in [3.8, 4) is 5.75 Å². The Morgan fingerprint density at radius 3 is 2.95 bits per heavy atom. The lowest BCUT2D eigenvalue weighted by molar-refractivity contribution is 0.387. The minimum absolute atomic E-state index is 0.179. The molecule has 0 bridgehead atoms. The second-order valence-electron chi connectivity index (χ2n) is 4.23. The summed E-state index contributed by atoms with van der Waals surface area (Å²) < 4.78 is 18.4. The number of methoxy groups -OCH3 is 1. The van der Waals surface area contributed by atoms with E-state index >= 15 is 0 Å². The van der Waals surface area contributed by atoms with Gasteiger partial charge >= 0.3 is 0 Å². The summed E-state index contributed by atoms with van der Waals surface area (Å²) in [4.78, 5) is 4.26. The number of nitrogens with zero attached hydrogens (tertiary/aromatic N) is 1. The van der Waals surface area contributed by atoms with Gasteiger partial charge in [0.15, 0.2) is 11.6 Å². The molecule has 0 aliphatic rings. The van der Waals surface area contributed by atoms with E-state index in [1.807, 2.05) is 5.38 Å². The largest absolute Gasteiger partial charge is 0.494 e. The van der Waals surface area contributed by atoms with Crippen LogP contribution in [-0.2, 0) is 0 Å². The average Bonchev–Trinajstić information content (AvgIpc) is 2.91. The van der Waals surface area contributed by atoms with E-state index in [0.29, 0.717) is 17.9 Å². The van der Waals surface area contributed by atoms with E-state index < -0.39 is 5.82 Å². The lowest BCUT2D eigenvalue weighted by atomic mass is 10.2. The molecule has 0 aliphatic carbocycles. The first-order valence-electron chi connectivity index (χ1n) is 5.88. The Bertz CT molecular complexity index is 545. The van der Waals surface area contributed by atoms with Gasteiger partial charge in [-0.15, -0.1) is 11.3 Å². The maximum Gasteiger partial charge on any atom is 0.167 e. The van der Waals surface area contributed by atoms with Crippen molar-refractivity contribution in [3.63, 3.8) is 0 Å². The summed E-state index contributed by atoms with van der Waals surface area (Å²) in [6.45, 7) is 2.75. The first kappa shape index (κ1) is 13.6. The van der Waals surface area contributed by atoms with Gasteiger partial charge in [0.25, 0.3) is 0 Å². The molecular formula is C13H16FN3OS. The minimum Gasteiger partial charge on any atom is -0.494 e. The highest BCUT2D eigenvalue weighted by Crippen LogP contribution is 2.28. The molecule has 1 heterocycles. The lowest BCUT2D eigenvalue weighted by Crippen LogP contribution is -2.11. The van der Waals surface area contributed by atoms with Gasteiger partial charge in [-0.3, -0.25) is 0 Å². The zero-order valence-corrected chi connectivity index (χ0v) is 11.6. The van der Waals surface area contributed by atoms with E-state index in [4.69, 9.17) is 10.5 Å². The third-order valence-electron chi connectivity index (χ3n) is 2.80. The molecule has 0 saturated carbocycles. The van der Waals surface area contributed by atoms with E-state index in [0.717, 1.165) is 5.01 Å². The van der Waals surface area contributed by atoms with Gasteiger partial charge in [-0.2, -0.15) is 0 Å². The molecule has 102 valence electrons. The van der Waals surface area contributed by atoms with E-state index in [2.05, 4.69) is 17.2 Å². The van der Waals surface area contributed by atoms with Gasteiger partial charge in [0, 0.05) is 36.2 Å². The number of nitrogen functional groups attached to an aromatic ring is 1. The number of aromatic nitrogens is 1. The highest BCUT2D eigenvalue weighted by atomic mass is 32.1. The molecule has 1 atom stereocenters. The molecule has 0 amide bonds. The number of anilines is 2. The van der Waals surface area contributed by atoms with E-state index in [9.17, 15) is 4.39 Å². The summed E-state index contributed by atoms with van der Waals surface area (Å²) in [5.41, 5.74) is 6.81. The number of hydrogen-bond donors (Lipinski definition) is 2. The molecule has 6 heteroatoms. The third kappa shape index (κ3) is 3.14. The van der Waals surface area contributed by atoms with Crippen LogP contribution in [0.15, 0.2) is 23.7 Å². The molecule has 19 heavy (non-hydrogen) atoms. The van der Waals surface area contributed by atoms with Gasteiger partial charge in [0.05, 0.1) is 23.5 Å².